The van der Waals surface area contributed by atoms with E-state index in [1.165, 1.54) is 6.42 Å². The largest absolute Gasteiger partial charge is 0.376 e. The summed E-state index contributed by atoms with van der Waals surface area (Å²) in [6.07, 6.45) is 3.37. The molecule has 3 rings (SSSR count). The number of halogens is 2. The fourth-order valence-electron chi connectivity index (χ4n) is 2.75. The molecule has 102 valence electrons. The first kappa shape index (κ1) is 13.2. The van der Waals surface area contributed by atoms with Crippen LogP contribution in [-0.2, 0) is 17.2 Å². The molecule has 5 heteroatoms. The summed E-state index contributed by atoms with van der Waals surface area (Å²) in [5.41, 5.74) is 1.78. The van der Waals surface area contributed by atoms with Gasteiger partial charge in [-0.3, -0.25) is 0 Å². The van der Waals surface area contributed by atoms with Crippen molar-refractivity contribution >= 4 is 34.2 Å². The van der Waals surface area contributed by atoms with E-state index < -0.39 is 0 Å². The Morgan fingerprint density at radius 1 is 1.42 bits per heavy atom. The van der Waals surface area contributed by atoms with Gasteiger partial charge in [0, 0.05) is 7.11 Å². The number of methoxy groups -OCH3 is 1. The van der Waals surface area contributed by atoms with Crippen LogP contribution in [0.15, 0.2) is 18.2 Å². The van der Waals surface area contributed by atoms with Gasteiger partial charge < -0.3 is 9.30 Å². The maximum Gasteiger partial charge on any atom is 0.124 e. The second-order valence-electron chi connectivity index (χ2n) is 5.10. The molecule has 0 amide bonds. The van der Waals surface area contributed by atoms with Crippen LogP contribution in [0.5, 0.6) is 0 Å². The predicted octanol–water partition coefficient (Wildman–Crippen LogP) is 4.00. The van der Waals surface area contributed by atoms with E-state index in [1.54, 1.807) is 7.11 Å². The second kappa shape index (κ2) is 4.97. The van der Waals surface area contributed by atoms with E-state index in [4.69, 9.17) is 27.9 Å². The molecule has 0 spiro atoms. The summed E-state index contributed by atoms with van der Waals surface area (Å²) in [5.74, 6) is 1.23. The first-order valence-electron chi connectivity index (χ1n) is 6.44. The highest BCUT2D eigenvalue weighted by Crippen LogP contribution is 2.38. The Labute approximate surface area is 122 Å². The highest BCUT2D eigenvalue weighted by Gasteiger charge is 2.38. The number of benzene rings is 1. The molecule has 1 aliphatic carbocycles. The molecule has 1 saturated carbocycles. The number of hydrogen-bond donors (Lipinski definition) is 0. The van der Waals surface area contributed by atoms with Crippen molar-refractivity contribution in [3.05, 3.63) is 29.0 Å². The monoisotopic (exact) mass is 298 g/mol. The van der Waals surface area contributed by atoms with E-state index in [1.807, 2.05) is 18.2 Å². The summed E-state index contributed by atoms with van der Waals surface area (Å²) >= 11 is 12.3. The van der Waals surface area contributed by atoms with E-state index in [2.05, 4.69) is 9.55 Å². The zero-order chi connectivity index (χ0) is 13.5. The molecule has 19 heavy (non-hydrogen) atoms. The Bertz CT molecular complexity index is 599. The number of imidazole rings is 1. The summed E-state index contributed by atoms with van der Waals surface area (Å²) in [6, 6.07) is 5.77. The lowest BCUT2D eigenvalue weighted by Crippen LogP contribution is -2.43. The quantitative estimate of drug-likeness (QED) is 0.798. The molecule has 1 aliphatic rings. The van der Waals surface area contributed by atoms with Gasteiger partial charge in [0.25, 0.3) is 0 Å². The van der Waals surface area contributed by atoms with E-state index in [0.29, 0.717) is 10.9 Å². The summed E-state index contributed by atoms with van der Waals surface area (Å²) in [6.45, 7) is 0.770. The maximum absolute atomic E-state index is 6.32. The van der Waals surface area contributed by atoms with Crippen LogP contribution in [0.3, 0.4) is 0 Å². The summed E-state index contributed by atoms with van der Waals surface area (Å²) in [7, 11) is 1.78. The molecule has 1 heterocycles. The van der Waals surface area contributed by atoms with Crippen LogP contribution in [-0.4, -0.2) is 22.3 Å². The highest BCUT2D eigenvalue weighted by molar-refractivity contribution is 6.35. The van der Waals surface area contributed by atoms with Crippen LogP contribution in [0.4, 0.5) is 0 Å². The van der Waals surface area contributed by atoms with Crippen LogP contribution < -0.4 is 0 Å². The smallest absolute Gasteiger partial charge is 0.124 e. The number of para-hydroxylation sites is 1. The molecule has 0 bridgehead atoms. The average molecular weight is 299 g/mol. The zero-order valence-corrected chi connectivity index (χ0v) is 12.3. The molecule has 1 aromatic carbocycles. The van der Waals surface area contributed by atoms with Gasteiger partial charge in [-0.25, -0.2) is 4.98 Å². The minimum atomic E-state index is -0.0758. The topological polar surface area (TPSA) is 27.1 Å². The van der Waals surface area contributed by atoms with E-state index in [0.717, 1.165) is 36.2 Å². The number of rotatable bonds is 4. The minimum Gasteiger partial charge on any atom is -0.376 e. The van der Waals surface area contributed by atoms with Gasteiger partial charge in [0.15, 0.2) is 0 Å². The third-order valence-corrected chi connectivity index (χ3v) is 4.60. The Balaban J connectivity index is 2.10. The van der Waals surface area contributed by atoms with Gasteiger partial charge in [-0.05, 0) is 31.4 Å². The van der Waals surface area contributed by atoms with Gasteiger partial charge in [-0.15, -0.1) is 11.6 Å². The Morgan fingerprint density at radius 3 is 2.79 bits per heavy atom. The molecule has 0 atom stereocenters. The predicted molar refractivity (Wildman–Crippen MR) is 77.9 cm³/mol. The molecule has 2 aromatic rings. The highest BCUT2D eigenvalue weighted by atomic mass is 35.5. The van der Waals surface area contributed by atoms with E-state index in [9.17, 15) is 0 Å². The summed E-state index contributed by atoms with van der Waals surface area (Å²) in [4.78, 5) is 4.56. The van der Waals surface area contributed by atoms with Gasteiger partial charge in [-0.2, -0.15) is 0 Å². The van der Waals surface area contributed by atoms with Gasteiger partial charge in [0.05, 0.1) is 34.1 Å². The van der Waals surface area contributed by atoms with Crippen molar-refractivity contribution < 1.29 is 4.74 Å². The van der Waals surface area contributed by atoms with Crippen LogP contribution >= 0.6 is 23.2 Å². The molecule has 0 aliphatic heterocycles. The van der Waals surface area contributed by atoms with Crippen molar-refractivity contribution in [2.75, 3.05) is 7.11 Å². The van der Waals surface area contributed by atoms with Crippen LogP contribution in [0.1, 0.15) is 25.1 Å². The average Bonchev–Trinajstić information content (AvgIpc) is 2.73. The van der Waals surface area contributed by atoms with Gasteiger partial charge in [-0.1, -0.05) is 17.7 Å². The number of nitrogens with zero attached hydrogens (tertiary/aromatic N) is 2. The fraction of sp³-hybridized carbons (Fsp3) is 0.500. The first-order chi connectivity index (χ1) is 9.19. The standard InChI is InChI=1S/C14H16Cl2N2O/c1-19-14(6-3-7-14)9-18-12(8-15)17-11-5-2-4-10(16)13(11)18/h2,4-5H,3,6-9H2,1H3. The third-order valence-electron chi connectivity index (χ3n) is 4.06. The number of alkyl halides is 1. The minimum absolute atomic E-state index is 0.0758. The Hall–Kier alpha value is -0.770. The maximum atomic E-state index is 6.32. The lowest BCUT2D eigenvalue weighted by Gasteiger charge is -2.41. The second-order valence-corrected chi connectivity index (χ2v) is 5.77. The van der Waals surface area contributed by atoms with E-state index >= 15 is 0 Å². The van der Waals surface area contributed by atoms with E-state index in [-0.39, 0.29) is 5.60 Å². The fourth-order valence-corrected chi connectivity index (χ4v) is 3.22. The molecular weight excluding hydrogens is 283 g/mol. The van der Waals surface area contributed by atoms with Crippen LogP contribution in [0, 0.1) is 0 Å². The number of fused-ring (bicyclic) bond motifs is 1. The van der Waals surface area contributed by atoms with Gasteiger partial charge in [0.1, 0.15) is 5.82 Å². The van der Waals surface area contributed by atoms with Crippen molar-refractivity contribution in [1.82, 2.24) is 9.55 Å². The van der Waals surface area contributed by atoms with Crippen molar-refractivity contribution in [2.45, 2.75) is 37.3 Å². The molecule has 0 saturated heterocycles. The molecule has 0 unspecified atom stereocenters. The van der Waals surface area contributed by atoms with Crippen molar-refractivity contribution in [1.29, 1.82) is 0 Å². The first-order valence-corrected chi connectivity index (χ1v) is 7.35. The summed E-state index contributed by atoms with van der Waals surface area (Å²) in [5, 5.41) is 0.715. The van der Waals surface area contributed by atoms with Gasteiger partial charge >= 0.3 is 0 Å². The third kappa shape index (κ3) is 2.14. The molecular formula is C14H16Cl2N2O. The zero-order valence-electron chi connectivity index (χ0n) is 10.8. The lowest BCUT2D eigenvalue weighted by atomic mass is 9.80. The van der Waals surface area contributed by atoms with Crippen LogP contribution in [0.2, 0.25) is 5.02 Å². The molecule has 1 aromatic heterocycles. The Morgan fingerprint density at radius 2 is 2.21 bits per heavy atom. The molecule has 3 nitrogen and oxygen atoms in total. The number of ether oxygens (including phenoxy) is 1. The Kier molecular flexibility index (Phi) is 3.46. The van der Waals surface area contributed by atoms with Crippen molar-refractivity contribution in [3.8, 4) is 0 Å². The van der Waals surface area contributed by atoms with Crippen molar-refractivity contribution in [2.24, 2.45) is 0 Å². The number of aromatic nitrogens is 2. The normalized spacial score (nSPS) is 17.6. The summed E-state index contributed by atoms with van der Waals surface area (Å²) < 4.78 is 7.82. The van der Waals surface area contributed by atoms with Crippen molar-refractivity contribution in [3.63, 3.8) is 0 Å². The van der Waals surface area contributed by atoms with Crippen LogP contribution in [0.25, 0.3) is 11.0 Å². The SMILES string of the molecule is COC1(Cn2c(CCl)nc3cccc(Cl)c32)CCC1. The molecule has 0 N–H and O–H groups in total. The van der Waals surface area contributed by atoms with Gasteiger partial charge in [0.2, 0.25) is 0 Å². The molecule has 0 radical (unpaired) electrons. The number of hydrogen-bond acceptors (Lipinski definition) is 2. The molecule has 1 fully saturated rings. The lowest BCUT2D eigenvalue weighted by molar-refractivity contribution is -0.0831.